The summed E-state index contributed by atoms with van der Waals surface area (Å²) in [5.74, 6) is -0.521. The summed E-state index contributed by atoms with van der Waals surface area (Å²) in [5.41, 5.74) is 2.24. The molecule has 0 saturated heterocycles. The summed E-state index contributed by atoms with van der Waals surface area (Å²) >= 11 is 0. The maximum atomic E-state index is 10.5. The Labute approximate surface area is 155 Å². The Morgan fingerprint density at radius 3 is 1.54 bits per heavy atom. The van der Waals surface area contributed by atoms with Gasteiger partial charge in [0, 0.05) is 19.8 Å². The van der Waals surface area contributed by atoms with Crippen LogP contribution in [0, 0.1) is 6.92 Å². The fourth-order valence-corrected chi connectivity index (χ4v) is 1.85. The monoisotopic (exact) mass is 351 g/mol. The highest BCUT2D eigenvalue weighted by Gasteiger charge is 2.01. The zero-order valence-corrected chi connectivity index (χ0v) is 15.3. The second-order valence-corrected chi connectivity index (χ2v) is 5.69. The molecular formula is C22H25NO3. The molecule has 0 heterocycles. The Hall–Kier alpha value is -3.27. The highest BCUT2D eigenvalue weighted by atomic mass is 16.4. The van der Waals surface area contributed by atoms with Gasteiger partial charge in [0.2, 0.25) is 0 Å². The quantitative estimate of drug-likeness (QED) is 0.694. The average Bonchev–Trinajstić information content (AvgIpc) is 2.66. The van der Waals surface area contributed by atoms with E-state index in [1.54, 1.807) is 30.3 Å². The molecule has 0 amide bonds. The topological polar surface area (TPSA) is 60.8 Å². The van der Waals surface area contributed by atoms with E-state index in [1.165, 1.54) is 0 Å². The minimum Gasteiger partial charge on any atom is -0.508 e. The molecule has 0 aromatic heterocycles. The van der Waals surface area contributed by atoms with Crippen LogP contribution in [-0.2, 0) is 0 Å². The zero-order valence-electron chi connectivity index (χ0n) is 15.3. The first kappa shape index (κ1) is 20.8. The lowest BCUT2D eigenvalue weighted by Gasteiger charge is -2.11. The lowest BCUT2D eigenvalue weighted by atomic mass is 10.2. The highest BCUT2D eigenvalue weighted by molar-refractivity contribution is 5.88. The number of para-hydroxylation sites is 1. The Morgan fingerprint density at radius 2 is 1.23 bits per heavy atom. The average molecular weight is 351 g/mol. The van der Waals surface area contributed by atoms with E-state index in [-0.39, 0.29) is 0 Å². The van der Waals surface area contributed by atoms with Gasteiger partial charge in [-0.3, -0.25) is 0 Å². The van der Waals surface area contributed by atoms with Crippen molar-refractivity contribution < 1.29 is 15.0 Å². The van der Waals surface area contributed by atoms with Crippen molar-refractivity contribution in [2.45, 2.75) is 6.92 Å². The van der Waals surface area contributed by atoms with Gasteiger partial charge in [-0.15, -0.1) is 0 Å². The second-order valence-electron chi connectivity index (χ2n) is 5.69. The molecule has 0 radical (unpaired) electrons. The van der Waals surface area contributed by atoms with Crippen molar-refractivity contribution in [1.82, 2.24) is 0 Å². The Kier molecular flexibility index (Phi) is 9.04. The van der Waals surface area contributed by atoms with Crippen LogP contribution in [0.4, 0.5) is 5.69 Å². The molecule has 0 atom stereocenters. The van der Waals surface area contributed by atoms with Crippen molar-refractivity contribution >= 4 is 11.7 Å². The van der Waals surface area contributed by atoms with Crippen LogP contribution in [0.15, 0.2) is 84.9 Å². The number of aromatic hydroxyl groups is 1. The van der Waals surface area contributed by atoms with Crippen molar-refractivity contribution in [2.24, 2.45) is 0 Å². The van der Waals surface area contributed by atoms with Crippen LogP contribution in [0.3, 0.4) is 0 Å². The number of nitrogens with zero attached hydrogens (tertiary/aromatic N) is 1. The molecule has 0 saturated carbocycles. The summed E-state index contributed by atoms with van der Waals surface area (Å²) in [6.45, 7) is 1.87. The van der Waals surface area contributed by atoms with Gasteiger partial charge in [-0.1, -0.05) is 54.6 Å². The van der Waals surface area contributed by atoms with Gasteiger partial charge in [-0.2, -0.15) is 0 Å². The van der Waals surface area contributed by atoms with E-state index in [9.17, 15) is 4.79 Å². The van der Waals surface area contributed by atoms with Crippen LogP contribution in [0.25, 0.3) is 0 Å². The van der Waals surface area contributed by atoms with E-state index in [1.807, 2.05) is 80.5 Å². The Morgan fingerprint density at radius 1 is 0.769 bits per heavy atom. The van der Waals surface area contributed by atoms with Gasteiger partial charge in [0.05, 0.1) is 5.56 Å². The van der Waals surface area contributed by atoms with Crippen molar-refractivity contribution in [3.05, 3.63) is 96.1 Å². The van der Waals surface area contributed by atoms with Gasteiger partial charge in [0.25, 0.3) is 0 Å². The first-order valence-corrected chi connectivity index (χ1v) is 8.17. The van der Waals surface area contributed by atoms with E-state index < -0.39 is 5.97 Å². The number of carboxylic acid groups (broad SMARTS) is 1. The number of carboxylic acids is 1. The summed E-state index contributed by atoms with van der Waals surface area (Å²) in [4.78, 5) is 12.4. The van der Waals surface area contributed by atoms with E-state index in [0.717, 1.165) is 11.3 Å². The first-order valence-electron chi connectivity index (χ1n) is 8.17. The van der Waals surface area contributed by atoms with Gasteiger partial charge in [-0.25, -0.2) is 4.79 Å². The molecule has 26 heavy (non-hydrogen) atoms. The number of phenols is 1. The molecule has 0 aliphatic rings. The molecule has 3 aromatic carbocycles. The number of aryl methyl sites for hydroxylation is 1. The van der Waals surface area contributed by atoms with E-state index >= 15 is 0 Å². The summed E-state index contributed by atoms with van der Waals surface area (Å²) in [5, 5.41) is 17.5. The van der Waals surface area contributed by atoms with E-state index in [0.29, 0.717) is 11.3 Å². The normalized spacial score (nSPS) is 9.04. The van der Waals surface area contributed by atoms with Crippen LogP contribution in [0.5, 0.6) is 5.75 Å². The maximum Gasteiger partial charge on any atom is 0.335 e. The number of benzene rings is 3. The van der Waals surface area contributed by atoms with Gasteiger partial charge >= 0.3 is 5.97 Å². The molecule has 4 heteroatoms. The Bertz CT molecular complexity index is 721. The van der Waals surface area contributed by atoms with Gasteiger partial charge in [0.15, 0.2) is 0 Å². The van der Waals surface area contributed by atoms with Gasteiger partial charge < -0.3 is 15.1 Å². The molecule has 0 unspecified atom stereocenters. The van der Waals surface area contributed by atoms with Crippen molar-refractivity contribution in [2.75, 3.05) is 19.0 Å². The van der Waals surface area contributed by atoms with Crippen LogP contribution in [-0.4, -0.2) is 30.3 Å². The summed E-state index contributed by atoms with van der Waals surface area (Å²) in [6.07, 6.45) is 0. The molecule has 4 nitrogen and oxygen atoms in total. The lowest BCUT2D eigenvalue weighted by Crippen LogP contribution is -2.08. The minimum absolute atomic E-state index is 0.320. The maximum absolute atomic E-state index is 10.5. The smallest absolute Gasteiger partial charge is 0.335 e. The third-order valence-corrected chi connectivity index (χ3v) is 3.41. The highest BCUT2D eigenvalue weighted by Crippen LogP contribution is 2.12. The van der Waals surface area contributed by atoms with E-state index in [2.05, 4.69) is 0 Å². The molecule has 2 N–H and O–H groups in total. The van der Waals surface area contributed by atoms with E-state index in [4.69, 9.17) is 10.2 Å². The standard InChI is InChI=1S/C9H11NO2.C7H8O.C6H6/c1-10(2)8-5-3-7(4-6-8)9(11)12;1-6-4-2-3-5-7(6)8;1-2-4-6-5-3-1/h3-6H,1-2H3,(H,11,12);2-5,8H,1H3;1-6H. The second kappa shape index (κ2) is 11.3. The predicted molar refractivity (Wildman–Crippen MR) is 107 cm³/mol. The molecule has 0 fully saturated rings. The number of aromatic carboxylic acids is 1. The number of anilines is 1. The summed E-state index contributed by atoms with van der Waals surface area (Å²) < 4.78 is 0. The number of hydrogen-bond acceptors (Lipinski definition) is 3. The molecule has 0 aliphatic carbocycles. The van der Waals surface area contributed by atoms with Gasteiger partial charge in [0.1, 0.15) is 5.75 Å². The minimum atomic E-state index is -0.889. The molecule has 3 aromatic rings. The molecule has 3 rings (SSSR count). The molecular weight excluding hydrogens is 326 g/mol. The number of rotatable bonds is 2. The number of hydrogen-bond donors (Lipinski definition) is 2. The van der Waals surface area contributed by atoms with Crippen molar-refractivity contribution in [1.29, 1.82) is 0 Å². The predicted octanol–water partition coefficient (Wildman–Crippen LogP) is 4.84. The fourth-order valence-electron chi connectivity index (χ4n) is 1.85. The molecule has 0 spiro atoms. The Balaban J connectivity index is 0.000000208. The van der Waals surface area contributed by atoms with Gasteiger partial charge in [-0.05, 0) is 42.8 Å². The van der Waals surface area contributed by atoms with Crippen LogP contribution < -0.4 is 4.90 Å². The third kappa shape index (κ3) is 8.02. The molecule has 136 valence electrons. The lowest BCUT2D eigenvalue weighted by molar-refractivity contribution is 0.0697. The van der Waals surface area contributed by atoms with Crippen LogP contribution >= 0.6 is 0 Å². The largest absolute Gasteiger partial charge is 0.508 e. The summed E-state index contributed by atoms with van der Waals surface area (Å²) in [7, 11) is 3.82. The number of carbonyl (C=O) groups is 1. The molecule has 0 bridgehead atoms. The first-order chi connectivity index (χ1) is 12.4. The van der Waals surface area contributed by atoms with Crippen molar-refractivity contribution in [3.8, 4) is 5.75 Å². The SMILES string of the molecule is CN(C)c1ccc(C(=O)O)cc1.Cc1ccccc1O.c1ccccc1. The van der Waals surface area contributed by atoms with Crippen molar-refractivity contribution in [3.63, 3.8) is 0 Å². The number of phenolic OH excluding ortho intramolecular Hbond substituents is 1. The summed E-state index contributed by atoms with van der Waals surface area (Å²) in [6, 6.07) is 26.0. The molecule has 0 aliphatic heterocycles. The zero-order chi connectivity index (χ0) is 19.4. The van der Waals surface area contributed by atoms with Crippen LogP contribution in [0.1, 0.15) is 15.9 Å². The van der Waals surface area contributed by atoms with Crippen LogP contribution in [0.2, 0.25) is 0 Å². The third-order valence-electron chi connectivity index (χ3n) is 3.41. The fraction of sp³-hybridized carbons (Fsp3) is 0.136.